The molecule has 0 saturated carbocycles. The molecule has 160 valence electrons. The number of nitrogens with one attached hydrogen (secondary N) is 2. The van der Waals surface area contributed by atoms with Crippen molar-refractivity contribution in [3.8, 4) is 11.5 Å². The Bertz CT molecular complexity index is 960. The van der Waals surface area contributed by atoms with Crippen LogP contribution in [0.15, 0.2) is 39.9 Å². The lowest BCUT2D eigenvalue weighted by Crippen LogP contribution is -2.38. The summed E-state index contributed by atoms with van der Waals surface area (Å²) in [5, 5.41) is 14.9. The van der Waals surface area contributed by atoms with Gasteiger partial charge in [-0.2, -0.15) is 0 Å². The molecule has 0 aliphatic rings. The first-order valence-corrected chi connectivity index (χ1v) is 9.94. The highest BCUT2D eigenvalue weighted by molar-refractivity contribution is 5.79. The van der Waals surface area contributed by atoms with Gasteiger partial charge in [0.25, 0.3) is 0 Å². The van der Waals surface area contributed by atoms with E-state index in [-0.39, 0.29) is 0 Å². The molecule has 0 bridgehead atoms. The van der Waals surface area contributed by atoms with E-state index in [1.165, 1.54) is 5.56 Å². The summed E-state index contributed by atoms with van der Waals surface area (Å²) in [6, 6.07) is 8.08. The van der Waals surface area contributed by atoms with Crippen LogP contribution in [0.1, 0.15) is 29.3 Å². The fourth-order valence-electron chi connectivity index (χ4n) is 2.73. The maximum atomic E-state index is 5.62. The fraction of sp³-hybridized carbons (Fsp3) is 0.429. The number of oxazole rings is 1. The number of guanidine groups is 1. The van der Waals surface area contributed by atoms with Crippen LogP contribution >= 0.6 is 0 Å². The van der Waals surface area contributed by atoms with Gasteiger partial charge >= 0.3 is 0 Å². The standard InChI is InChI=1S/C21H29N7O2/c1-15-6-8-17(9-7-15)20-25-18(14-30-20)12-23-21(22-10-5-11-29-4)24-13-19-27-26-16(2)28(19)3/h6-9,14H,5,10-13H2,1-4H3,(H2,22,23,24). The van der Waals surface area contributed by atoms with E-state index in [0.29, 0.717) is 31.5 Å². The molecule has 0 fully saturated rings. The van der Waals surface area contributed by atoms with Crippen LogP contribution in [-0.4, -0.2) is 46.0 Å². The van der Waals surface area contributed by atoms with E-state index in [1.54, 1.807) is 13.4 Å². The maximum absolute atomic E-state index is 5.62. The van der Waals surface area contributed by atoms with E-state index in [1.807, 2.05) is 42.8 Å². The van der Waals surface area contributed by atoms with Crippen molar-refractivity contribution in [2.24, 2.45) is 12.0 Å². The molecule has 9 nitrogen and oxygen atoms in total. The maximum Gasteiger partial charge on any atom is 0.226 e. The van der Waals surface area contributed by atoms with E-state index in [0.717, 1.165) is 35.9 Å². The summed E-state index contributed by atoms with van der Waals surface area (Å²) in [5.74, 6) is 2.97. The number of methoxy groups -OCH3 is 1. The van der Waals surface area contributed by atoms with Crippen LogP contribution < -0.4 is 10.6 Å². The molecular formula is C21H29N7O2. The number of hydrogen-bond donors (Lipinski definition) is 2. The van der Waals surface area contributed by atoms with Gasteiger partial charge in [-0.3, -0.25) is 0 Å². The van der Waals surface area contributed by atoms with E-state index in [4.69, 9.17) is 9.15 Å². The molecule has 30 heavy (non-hydrogen) atoms. The Morgan fingerprint density at radius 3 is 2.67 bits per heavy atom. The van der Waals surface area contributed by atoms with Gasteiger partial charge in [0.15, 0.2) is 11.8 Å². The average Bonchev–Trinajstić information content (AvgIpc) is 3.35. The van der Waals surface area contributed by atoms with Gasteiger partial charge in [-0.25, -0.2) is 9.98 Å². The lowest BCUT2D eigenvalue weighted by atomic mass is 10.1. The van der Waals surface area contributed by atoms with Gasteiger partial charge in [-0.05, 0) is 32.4 Å². The molecular weight excluding hydrogens is 382 g/mol. The lowest BCUT2D eigenvalue weighted by molar-refractivity contribution is 0.195. The van der Waals surface area contributed by atoms with Gasteiger partial charge in [0.1, 0.15) is 17.8 Å². The number of hydrogen-bond acceptors (Lipinski definition) is 6. The molecule has 0 spiro atoms. The molecule has 9 heteroatoms. The Morgan fingerprint density at radius 1 is 1.17 bits per heavy atom. The zero-order valence-electron chi connectivity index (χ0n) is 18.0. The third kappa shape index (κ3) is 5.90. The Balaban J connectivity index is 1.64. The van der Waals surface area contributed by atoms with E-state index in [2.05, 4.69) is 37.7 Å². The Morgan fingerprint density at radius 2 is 1.97 bits per heavy atom. The SMILES string of the molecule is COCCCNC(=NCc1coc(-c2ccc(C)cc2)n1)NCc1nnc(C)n1C. The second-order valence-electron chi connectivity index (χ2n) is 7.02. The van der Waals surface area contributed by atoms with Gasteiger partial charge < -0.3 is 24.4 Å². The highest BCUT2D eigenvalue weighted by Crippen LogP contribution is 2.19. The minimum Gasteiger partial charge on any atom is -0.444 e. The number of ether oxygens (including phenoxy) is 1. The number of nitrogens with zero attached hydrogens (tertiary/aromatic N) is 5. The molecule has 2 heterocycles. The van der Waals surface area contributed by atoms with Crippen LogP contribution in [0.3, 0.4) is 0 Å². The van der Waals surface area contributed by atoms with Crippen LogP contribution in [0.5, 0.6) is 0 Å². The molecule has 0 saturated heterocycles. The van der Waals surface area contributed by atoms with Crippen LogP contribution in [0.25, 0.3) is 11.5 Å². The van der Waals surface area contributed by atoms with Gasteiger partial charge in [-0.15, -0.1) is 10.2 Å². The largest absolute Gasteiger partial charge is 0.444 e. The average molecular weight is 412 g/mol. The monoisotopic (exact) mass is 411 g/mol. The lowest BCUT2D eigenvalue weighted by Gasteiger charge is -2.12. The van der Waals surface area contributed by atoms with E-state index < -0.39 is 0 Å². The summed E-state index contributed by atoms with van der Waals surface area (Å²) >= 11 is 0. The van der Waals surface area contributed by atoms with Crippen molar-refractivity contribution >= 4 is 5.96 Å². The van der Waals surface area contributed by atoms with Crippen molar-refractivity contribution in [3.63, 3.8) is 0 Å². The van der Waals surface area contributed by atoms with Crippen LogP contribution in [0.2, 0.25) is 0 Å². The first kappa shape index (κ1) is 21.5. The minimum absolute atomic E-state index is 0.396. The summed E-state index contributed by atoms with van der Waals surface area (Å²) < 4.78 is 12.7. The summed E-state index contributed by atoms with van der Waals surface area (Å²) in [4.78, 5) is 9.19. The molecule has 1 aromatic carbocycles. The van der Waals surface area contributed by atoms with Crippen molar-refractivity contribution in [3.05, 3.63) is 53.4 Å². The molecule has 0 unspecified atom stereocenters. The topological polar surface area (TPSA) is 102 Å². The molecule has 0 amide bonds. The van der Waals surface area contributed by atoms with Crippen molar-refractivity contribution in [1.82, 2.24) is 30.4 Å². The molecule has 3 rings (SSSR count). The second-order valence-corrected chi connectivity index (χ2v) is 7.02. The fourth-order valence-corrected chi connectivity index (χ4v) is 2.73. The van der Waals surface area contributed by atoms with Crippen LogP contribution in [0.4, 0.5) is 0 Å². The predicted octanol–water partition coefficient (Wildman–Crippen LogP) is 2.36. The van der Waals surface area contributed by atoms with Gasteiger partial charge in [0.05, 0.1) is 13.1 Å². The summed E-state index contributed by atoms with van der Waals surface area (Å²) in [6.45, 7) is 6.31. The molecule has 0 radical (unpaired) electrons. The number of rotatable bonds is 9. The number of aromatic nitrogens is 4. The predicted molar refractivity (Wildman–Crippen MR) is 115 cm³/mol. The number of aryl methyl sites for hydroxylation is 2. The molecule has 0 atom stereocenters. The Hall–Kier alpha value is -3.20. The zero-order valence-corrected chi connectivity index (χ0v) is 18.0. The first-order valence-electron chi connectivity index (χ1n) is 9.94. The first-order chi connectivity index (χ1) is 14.6. The van der Waals surface area contributed by atoms with Crippen molar-refractivity contribution in [1.29, 1.82) is 0 Å². The van der Waals surface area contributed by atoms with E-state index in [9.17, 15) is 0 Å². The summed E-state index contributed by atoms with van der Waals surface area (Å²) in [5.41, 5.74) is 2.91. The van der Waals surface area contributed by atoms with Crippen molar-refractivity contribution < 1.29 is 9.15 Å². The molecule has 0 aliphatic carbocycles. The number of aliphatic imine (C=N–C) groups is 1. The van der Waals surface area contributed by atoms with Gasteiger partial charge in [0, 0.05) is 32.9 Å². The van der Waals surface area contributed by atoms with E-state index >= 15 is 0 Å². The summed E-state index contributed by atoms with van der Waals surface area (Å²) in [7, 11) is 3.64. The summed E-state index contributed by atoms with van der Waals surface area (Å²) in [6.07, 6.45) is 2.52. The number of benzene rings is 1. The normalized spacial score (nSPS) is 11.7. The second kappa shape index (κ2) is 10.5. The van der Waals surface area contributed by atoms with Crippen LogP contribution in [-0.2, 0) is 24.9 Å². The minimum atomic E-state index is 0.396. The third-order valence-electron chi connectivity index (χ3n) is 4.66. The highest BCUT2D eigenvalue weighted by Gasteiger charge is 2.09. The molecule has 0 aliphatic heterocycles. The zero-order chi connectivity index (χ0) is 21.3. The van der Waals surface area contributed by atoms with Crippen LogP contribution in [0, 0.1) is 13.8 Å². The smallest absolute Gasteiger partial charge is 0.226 e. The Labute approximate surface area is 176 Å². The molecule has 3 aromatic rings. The van der Waals surface area contributed by atoms with Crippen molar-refractivity contribution in [2.75, 3.05) is 20.3 Å². The Kier molecular flexibility index (Phi) is 7.56. The van der Waals surface area contributed by atoms with Gasteiger partial charge in [-0.1, -0.05) is 17.7 Å². The third-order valence-corrected chi connectivity index (χ3v) is 4.66. The quantitative estimate of drug-likeness (QED) is 0.316. The molecule has 2 aromatic heterocycles. The van der Waals surface area contributed by atoms with Gasteiger partial charge in [0.2, 0.25) is 5.89 Å². The van der Waals surface area contributed by atoms with Crippen molar-refractivity contribution in [2.45, 2.75) is 33.4 Å². The molecule has 2 N–H and O–H groups in total. The highest BCUT2D eigenvalue weighted by atomic mass is 16.5.